The lowest BCUT2D eigenvalue weighted by Gasteiger charge is -2.04. The summed E-state index contributed by atoms with van der Waals surface area (Å²) in [6.45, 7) is 4.30. The fraction of sp³-hybridized carbons (Fsp3) is 0.211. The Morgan fingerprint density at radius 2 is 1.81 bits per heavy atom. The molecule has 0 radical (unpaired) electrons. The van der Waals surface area contributed by atoms with Gasteiger partial charge in [-0.25, -0.2) is 4.79 Å². The van der Waals surface area contributed by atoms with Crippen LogP contribution in [0.5, 0.6) is 0 Å². The summed E-state index contributed by atoms with van der Waals surface area (Å²) in [4.78, 5) is 11.3. The molecule has 0 aliphatic carbocycles. The Balaban J connectivity index is 2.09. The Morgan fingerprint density at radius 1 is 1.10 bits per heavy atom. The highest BCUT2D eigenvalue weighted by Crippen LogP contribution is 2.13. The summed E-state index contributed by atoms with van der Waals surface area (Å²) in [5.41, 5.74) is 4.80. The zero-order chi connectivity index (χ0) is 15.1. The molecule has 0 spiro atoms. The lowest BCUT2D eigenvalue weighted by atomic mass is 10.0. The van der Waals surface area contributed by atoms with Gasteiger partial charge in [0.15, 0.2) is 0 Å². The Bertz CT molecular complexity index is 642. The SMILES string of the molecule is CCOC(=O)/C=C/c1cccc(Cc2cccc(C)c2)c1. The van der Waals surface area contributed by atoms with Crippen molar-refractivity contribution in [3.63, 3.8) is 0 Å². The minimum atomic E-state index is -0.304. The standard InChI is InChI=1S/C19H20O2/c1-3-21-19(20)11-10-16-7-5-9-18(13-16)14-17-8-4-6-15(2)12-17/h4-13H,3,14H2,1-2H3/b11-10+. The molecule has 0 aliphatic rings. The number of aryl methyl sites for hydroxylation is 1. The molecule has 0 aliphatic heterocycles. The maximum Gasteiger partial charge on any atom is 0.330 e. The van der Waals surface area contributed by atoms with E-state index in [0.29, 0.717) is 6.61 Å². The molecule has 2 heteroatoms. The van der Waals surface area contributed by atoms with Crippen molar-refractivity contribution < 1.29 is 9.53 Å². The molecule has 0 heterocycles. The van der Waals surface area contributed by atoms with E-state index in [9.17, 15) is 4.79 Å². The van der Waals surface area contributed by atoms with Crippen molar-refractivity contribution >= 4 is 12.0 Å². The summed E-state index contributed by atoms with van der Waals surface area (Å²) in [5, 5.41) is 0. The van der Waals surface area contributed by atoms with Gasteiger partial charge in [-0.1, -0.05) is 54.1 Å². The summed E-state index contributed by atoms with van der Waals surface area (Å²) < 4.78 is 4.88. The second-order valence-corrected chi connectivity index (χ2v) is 5.00. The third kappa shape index (κ3) is 4.92. The number of benzene rings is 2. The molecule has 0 saturated carbocycles. The molecule has 0 atom stereocenters. The number of ether oxygens (including phenoxy) is 1. The van der Waals surface area contributed by atoms with E-state index in [1.807, 2.05) is 12.1 Å². The zero-order valence-corrected chi connectivity index (χ0v) is 12.5. The summed E-state index contributed by atoms with van der Waals surface area (Å²) >= 11 is 0. The first kappa shape index (κ1) is 15.0. The van der Waals surface area contributed by atoms with Crippen LogP contribution >= 0.6 is 0 Å². The predicted molar refractivity (Wildman–Crippen MR) is 86.1 cm³/mol. The van der Waals surface area contributed by atoms with Crippen LogP contribution in [0.4, 0.5) is 0 Å². The van der Waals surface area contributed by atoms with Crippen LogP contribution in [0.15, 0.2) is 54.6 Å². The molecule has 0 fully saturated rings. The second-order valence-electron chi connectivity index (χ2n) is 5.00. The van der Waals surface area contributed by atoms with Crippen molar-refractivity contribution in [3.05, 3.63) is 76.9 Å². The number of rotatable bonds is 5. The fourth-order valence-corrected chi connectivity index (χ4v) is 2.22. The fourth-order valence-electron chi connectivity index (χ4n) is 2.22. The summed E-state index contributed by atoms with van der Waals surface area (Å²) in [6.07, 6.45) is 4.15. The Kier molecular flexibility index (Phi) is 5.33. The predicted octanol–water partition coefficient (Wildman–Crippen LogP) is 4.16. The van der Waals surface area contributed by atoms with Gasteiger partial charge in [0.25, 0.3) is 0 Å². The van der Waals surface area contributed by atoms with Crippen molar-refractivity contribution in [1.82, 2.24) is 0 Å². The van der Waals surface area contributed by atoms with E-state index < -0.39 is 0 Å². The average Bonchev–Trinajstić information content (AvgIpc) is 2.46. The van der Waals surface area contributed by atoms with E-state index in [1.54, 1.807) is 13.0 Å². The number of carbonyl (C=O) groups excluding carboxylic acids is 1. The van der Waals surface area contributed by atoms with Gasteiger partial charge in [0.1, 0.15) is 0 Å². The lowest BCUT2D eigenvalue weighted by molar-refractivity contribution is -0.137. The molecule has 0 bridgehead atoms. The molecular weight excluding hydrogens is 260 g/mol. The molecule has 2 nitrogen and oxygen atoms in total. The average molecular weight is 280 g/mol. The molecule has 2 rings (SSSR count). The first-order valence-electron chi connectivity index (χ1n) is 7.16. The Labute approximate surface area is 126 Å². The molecule has 0 unspecified atom stereocenters. The van der Waals surface area contributed by atoms with Crippen LogP contribution in [0.25, 0.3) is 6.08 Å². The first-order chi connectivity index (χ1) is 10.2. The number of hydrogen-bond acceptors (Lipinski definition) is 2. The van der Waals surface area contributed by atoms with E-state index in [0.717, 1.165) is 12.0 Å². The van der Waals surface area contributed by atoms with E-state index >= 15 is 0 Å². The summed E-state index contributed by atoms with van der Waals surface area (Å²) in [7, 11) is 0. The number of hydrogen-bond donors (Lipinski definition) is 0. The quantitative estimate of drug-likeness (QED) is 0.607. The van der Waals surface area contributed by atoms with Crippen LogP contribution in [0.2, 0.25) is 0 Å². The topological polar surface area (TPSA) is 26.3 Å². The molecule has 0 N–H and O–H groups in total. The molecule has 21 heavy (non-hydrogen) atoms. The van der Waals surface area contributed by atoms with Crippen LogP contribution in [-0.2, 0) is 16.0 Å². The smallest absolute Gasteiger partial charge is 0.330 e. The third-order valence-corrected chi connectivity index (χ3v) is 3.14. The number of esters is 1. The highest BCUT2D eigenvalue weighted by molar-refractivity contribution is 5.87. The summed E-state index contributed by atoms with van der Waals surface area (Å²) in [6, 6.07) is 16.7. The highest BCUT2D eigenvalue weighted by Gasteiger charge is 1.99. The van der Waals surface area contributed by atoms with E-state index in [2.05, 4.69) is 43.3 Å². The molecule has 0 amide bonds. The monoisotopic (exact) mass is 280 g/mol. The highest BCUT2D eigenvalue weighted by atomic mass is 16.5. The van der Waals surface area contributed by atoms with Gasteiger partial charge in [-0.15, -0.1) is 0 Å². The molecule has 2 aromatic rings. The molecule has 108 valence electrons. The maximum atomic E-state index is 11.3. The van der Waals surface area contributed by atoms with Crippen LogP contribution < -0.4 is 0 Å². The van der Waals surface area contributed by atoms with E-state index in [4.69, 9.17) is 4.74 Å². The van der Waals surface area contributed by atoms with Crippen molar-refractivity contribution in [1.29, 1.82) is 0 Å². The van der Waals surface area contributed by atoms with E-state index in [-0.39, 0.29) is 5.97 Å². The van der Waals surface area contributed by atoms with Gasteiger partial charge in [0.2, 0.25) is 0 Å². The van der Waals surface area contributed by atoms with Crippen molar-refractivity contribution in [2.75, 3.05) is 6.61 Å². The zero-order valence-electron chi connectivity index (χ0n) is 12.5. The van der Waals surface area contributed by atoms with Crippen molar-refractivity contribution in [2.45, 2.75) is 20.3 Å². The van der Waals surface area contributed by atoms with Gasteiger partial charge in [-0.05, 0) is 43.0 Å². The minimum Gasteiger partial charge on any atom is -0.463 e. The van der Waals surface area contributed by atoms with Gasteiger partial charge < -0.3 is 4.74 Å². The normalized spacial score (nSPS) is 10.8. The maximum absolute atomic E-state index is 11.3. The van der Waals surface area contributed by atoms with Gasteiger partial charge in [-0.3, -0.25) is 0 Å². The first-order valence-corrected chi connectivity index (χ1v) is 7.16. The second kappa shape index (κ2) is 7.44. The van der Waals surface area contributed by atoms with Crippen molar-refractivity contribution in [3.8, 4) is 0 Å². The summed E-state index contributed by atoms with van der Waals surface area (Å²) in [5.74, 6) is -0.304. The Morgan fingerprint density at radius 3 is 2.52 bits per heavy atom. The number of carbonyl (C=O) groups is 1. The van der Waals surface area contributed by atoms with Crippen LogP contribution in [-0.4, -0.2) is 12.6 Å². The molecule has 0 aromatic heterocycles. The van der Waals surface area contributed by atoms with Crippen LogP contribution in [0.1, 0.15) is 29.2 Å². The van der Waals surface area contributed by atoms with Gasteiger partial charge in [-0.2, -0.15) is 0 Å². The molecule has 2 aromatic carbocycles. The lowest BCUT2D eigenvalue weighted by Crippen LogP contribution is -1.98. The van der Waals surface area contributed by atoms with Gasteiger partial charge in [0, 0.05) is 6.08 Å². The van der Waals surface area contributed by atoms with Gasteiger partial charge >= 0.3 is 5.97 Å². The van der Waals surface area contributed by atoms with Gasteiger partial charge in [0.05, 0.1) is 6.61 Å². The minimum absolute atomic E-state index is 0.304. The van der Waals surface area contributed by atoms with Crippen molar-refractivity contribution in [2.24, 2.45) is 0 Å². The Hall–Kier alpha value is -2.35. The van der Waals surface area contributed by atoms with E-state index in [1.165, 1.54) is 22.8 Å². The van der Waals surface area contributed by atoms with Crippen LogP contribution in [0.3, 0.4) is 0 Å². The largest absolute Gasteiger partial charge is 0.463 e. The third-order valence-electron chi connectivity index (χ3n) is 3.14. The molecule has 0 saturated heterocycles. The van der Waals surface area contributed by atoms with Crippen LogP contribution in [0, 0.1) is 6.92 Å². The molecular formula is C19H20O2.